The highest BCUT2D eigenvalue weighted by Crippen LogP contribution is 2.21. The van der Waals surface area contributed by atoms with E-state index >= 15 is 0 Å². The summed E-state index contributed by atoms with van der Waals surface area (Å²) >= 11 is 0. The normalized spacial score (nSPS) is 15.7. The van der Waals surface area contributed by atoms with Crippen molar-refractivity contribution in [1.82, 2.24) is 4.90 Å². The third-order valence-electron chi connectivity index (χ3n) is 4.61. The van der Waals surface area contributed by atoms with Crippen LogP contribution in [0.15, 0.2) is 54.6 Å². The minimum atomic E-state index is -0.906. The van der Waals surface area contributed by atoms with E-state index in [2.05, 4.69) is 10.2 Å². The molecule has 1 aliphatic rings. The van der Waals surface area contributed by atoms with Gasteiger partial charge in [0.15, 0.2) is 0 Å². The van der Waals surface area contributed by atoms with Crippen molar-refractivity contribution in [3.05, 3.63) is 65.7 Å². The van der Waals surface area contributed by atoms with E-state index in [0.717, 1.165) is 43.7 Å². The largest absolute Gasteiger partial charge is 0.478 e. The Balaban J connectivity index is 1.48. The Morgan fingerprint density at radius 3 is 2.24 bits per heavy atom. The van der Waals surface area contributed by atoms with E-state index in [0.29, 0.717) is 5.56 Å². The third-order valence-corrected chi connectivity index (χ3v) is 4.61. The number of para-hydroxylation sites is 1. The molecule has 1 heterocycles. The number of carbonyl (C=O) groups excluding carboxylic acids is 1. The summed E-state index contributed by atoms with van der Waals surface area (Å²) in [6.45, 7) is 2.52. The first-order chi connectivity index (χ1) is 12.1. The van der Waals surface area contributed by atoms with Gasteiger partial charge in [-0.3, -0.25) is 9.69 Å². The summed E-state index contributed by atoms with van der Waals surface area (Å²) in [4.78, 5) is 25.5. The third kappa shape index (κ3) is 4.67. The van der Waals surface area contributed by atoms with Crippen LogP contribution in [0.5, 0.6) is 0 Å². The van der Waals surface area contributed by atoms with E-state index in [1.54, 1.807) is 12.1 Å². The number of carboxylic acid groups (broad SMARTS) is 1. The zero-order chi connectivity index (χ0) is 17.6. The first-order valence-electron chi connectivity index (χ1n) is 8.52. The number of nitrogens with zero attached hydrogens (tertiary/aromatic N) is 1. The number of aromatic carboxylic acids is 1. The van der Waals surface area contributed by atoms with Gasteiger partial charge in [-0.05, 0) is 55.8 Å². The number of hydrogen-bond donors (Lipinski definition) is 2. The molecule has 1 amide bonds. The van der Waals surface area contributed by atoms with E-state index in [4.69, 9.17) is 5.11 Å². The molecule has 25 heavy (non-hydrogen) atoms. The van der Waals surface area contributed by atoms with Crippen LogP contribution in [0.25, 0.3) is 0 Å². The summed E-state index contributed by atoms with van der Waals surface area (Å²) in [7, 11) is 0. The molecule has 0 radical (unpaired) electrons. The highest BCUT2D eigenvalue weighted by Gasteiger charge is 2.25. The molecule has 0 bridgehead atoms. The van der Waals surface area contributed by atoms with Crippen molar-refractivity contribution in [3.63, 3.8) is 0 Å². The van der Waals surface area contributed by atoms with Gasteiger partial charge >= 0.3 is 5.97 Å². The van der Waals surface area contributed by atoms with Gasteiger partial charge in [0.1, 0.15) is 0 Å². The highest BCUT2D eigenvalue weighted by molar-refractivity contribution is 5.92. The average Bonchev–Trinajstić information content (AvgIpc) is 2.63. The summed E-state index contributed by atoms with van der Waals surface area (Å²) in [5, 5.41) is 11.9. The van der Waals surface area contributed by atoms with Gasteiger partial charge in [0, 0.05) is 18.2 Å². The fourth-order valence-corrected chi connectivity index (χ4v) is 3.13. The number of likely N-dealkylation sites (tertiary alicyclic amines) is 1. The molecule has 1 fully saturated rings. The first-order valence-corrected chi connectivity index (χ1v) is 8.52. The standard InChI is InChI=1S/C20H22N2O3/c23-19(21-18-4-2-1-3-5-18)16-10-12-22(13-11-16)14-15-6-8-17(9-7-15)20(24)25/h1-9,16H,10-14H2,(H,21,23)(H,24,25). The zero-order valence-corrected chi connectivity index (χ0v) is 14.0. The molecular formula is C20H22N2O3. The molecule has 2 aromatic carbocycles. The molecule has 1 aliphatic heterocycles. The Hall–Kier alpha value is -2.66. The van der Waals surface area contributed by atoms with E-state index in [1.165, 1.54) is 0 Å². The lowest BCUT2D eigenvalue weighted by atomic mass is 9.95. The number of rotatable bonds is 5. The first kappa shape index (κ1) is 17.2. The molecule has 0 unspecified atom stereocenters. The van der Waals surface area contributed by atoms with Gasteiger partial charge < -0.3 is 10.4 Å². The minimum absolute atomic E-state index is 0.0471. The van der Waals surface area contributed by atoms with Crippen molar-refractivity contribution < 1.29 is 14.7 Å². The summed E-state index contributed by atoms with van der Waals surface area (Å²) < 4.78 is 0. The predicted molar refractivity (Wildman–Crippen MR) is 96.5 cm³/mol. The average molecular weight is 338 g/mol. The van der Waals surface area contributed by atoms with Crippen LogP contribution in [-0.2, 0) is 11.3 Å². The van der Waals surface area contributed by atoms with Gasteiger partial charge in [-0.25, -0.2) is 4.79 Å². The van der Waals surface area contributed by atoms with Gasteiger partial charge in [0.25, 0.3) is 0 Å². The van der Waals surface area contributed by atoms with E-state index in [1.807, 2.05) is 42.5 Å². The van der Waals surface area contributed by atoms with Crippen molar-refractivity contribution in [2.75, 3.05) is 18.4 Å². The fraction of sp³-hybridized carbons (Fsp3) is 0.300. The lowest BCUT2D eigenvalue weighted by Gasteiger charge is -2.31. The van der Waals surface area contributed by atoms with Gasteiger partial charge in [-0.2, -0.15) is 0 Å². The maximum atomic E-state index is 12.3. The molecule has 0 spiro atoms. The lowest BCUT2D eigenvalue weighted by Crippen LogP contribution is -2.37. The monoisotopic (exact) mass is 338 g/mol. The molecule has 3 rings (SSSR count). The number of nitrogens with one attached hydrogen (secondary N) is 1. The molecule has 0 aliphatic carbocycles. The fourth-order valence-electron chi connectivity index (χ4n) is 3.13. The van der Waals surface area contributed by atoms with Crippen LogP contribution >= 0.6 is 0 Å². The second-order valence-corrected chi connectivity index (χ2v) is 6.41. The van der Waals surface area contributed by atoms with Crippen LogP contribution in [0.2, 0.25) is 0 Å². The van der Waals surface area contributed by atoms with Crippen molar-refractivity contribution in [2.45, 2.75) is 19.4 Å². The highest BCUT2D eigenvalue weighted by atomic mass is 16.4. The van der Waals surface area contributed by atoms with Crippen LogP contribution in [0.3, 0.4) is 0 Å². The Kier molecular flexibility index (Phi) is 5.46. The molecule has 2 aromatic rings. The molecule has 0 aromatic heterocycles. The minimum Gasteiger partial charge on any atom is -0.478 e. The summed E-state index contributed by atoms with van der Waals surface area (Å²) in [6.07, 6.45) is 1.68. The Morgan fingerprint density at radius 2 is 1.64 bits per heavy atom. The van der Waals surface area contributed by atoms with Crippen LogP contribution in [0.1, 0.15) is 28.8 Å². The Bertz CT molecular complexity index is 720. The van der Waals surface area contributed by atoms with E-state index in [-0.39, 0.29) is 11.8 Å². The van der Waals surface area contributed by atoms with Crippen molar-refractivity contribution in [1.29, 1.82) is 0 Å². The van der Waals surface area contributed by atoms with Crippen LogP contribution < -0.4 is 5.32 Å². The number of hydrogen-bond acceptors (Lipinski definition) is 3. The van der Waals surface area contributed by atoms with Crippen LogP contribution in [-0.4, -0.2) is 35.0 Å². The molecule has 0 saturated carbocycles. The van der Waals surface area contributed by atoms with E-state index in [9.17, 15) is 9.59 Å². The maximum Gasteiger partial charge on any atom is 0.335 e. The van der Waals surface area contributed by atoms with Crippen LogP contribution in [0, 0.1) is 5.92 Å². The smallest absolute Gasteiger partial charge is 0.335 e. The number of benzene rings is 2. The predicted octanol–water partition coefficient (Wildman–Crippen LogP) is 3.24. The van der Waals surface area contributed by atoms with Gasteiger partial charge in [0.2, 0.25) is 5.91 Å². The number of carboxylic acids is 1. The summed E-state index contributed by atoms with van der Waals surface area (Å²) in [6, 6.07) is 16.5. The molecule has 0 atom stereocenters. The zero-order valence-electron chi connectivity index (χ0n) is 14.0. The van der Waals surface area contributed by atoms with Crippen molar-refractivity contribution >= 4 is 17.6 Å². The summed E-state index contributed by atoms with van der Waals surface area (Å²) in [5.74, 6) is -0.765. The second-order valence-electron chi connectivity index (χ2n) is 6.41. The number of anilines is 1. The van der Waals surface area contributed by atoms with Gasteiger partial charge in [0.05, 0.1) is 5.56 Å². The van der Waals surface area contributed by atoms with Crippen molar-refractivity contribution in [3.8, 4) is 0 Å². The molecular weight excluding hydrogens is 316 g/mol. The SMILES string of the molecule is O=C(O)c1ccc(CN2CCC(C(=O)Nc3ccccc3)CC2)cc1. The number of carbonyl (C=O) groups is 2. The Morgan fingerprint density at radius 1 is 1.00 bits per heavy atom. The molecule has 1 saturated heterocycles. The number of amides is 1. The van der Waals surface area contributed by atoms with Gasteiger partial charge in [-0.15, -0.1) is 0 Å². The molecule has 130 valence electrons. The van der Waals surface area contributed by atoms with E-state index < -0.39 is 5.97 Å². The second kappa shape index (κ2) is 7.94. The molecule has 5 nitrogen and oxygen atoms in total. The van der Waals surface area contributed by atoms with Crippen LogP contribution in [0.4, 0.5) is 5.69 Å². The quantitative estimate of drug-likeness (QED) is 0.878. The maximum absolute atomic E-state index is 12.3. The lowest BCUT2D eigenvalue weighted by molar-refractivity contribution is -0.121. The number of piperidine rings is 1. The summed E-state index contributed by atoms with van der Waals surface area (Å²) in [5.41, 5.74) is 2.24. The topological polar surface area (TPSA) is 69.6 Å². The van der Waals surface area contributed by atoms with Gasteiger partial charge in [-0.1, -0.05) is 30.3 Å². The Labute approximate surface area is 147 Å². The molecule has 5 heteroatoms. The van der Waals surface area contributed by atoms with Crippen molar-refractivity contribution in [2.24, 2.45) is 5.92 Å². The molecule has 2 N–H and O–H groups in total.